The molecule has 0 saturated carbocycles. The van der Waals surface area contributed by atoms with Gasteiger partial charge in [-0.05, 0) is 42.3 Å². The summed E-state index contributed by atoms with van der Waals surface area (Å²) in [5.74, 6) is 0.518. The number of aromatic nitrogens is 2. The van der Waals surface area contributed by atoms with Crippen LogP contribution in [0.2, 0.25) is 0 Å². The Balaban J connectivity index is 1.70. The van der Waals surface area contributed by atoms with Gasteiger partial charge in [-0.15, -0.1) is 0 Å². The topological polar surface area (TPSA) is 70.4 Å². The number of esters is 1. The number of methoxy groups -OCH3 is 1. The number of carbonyl (C=O) groups is 1. The molecule has 3 aromatic rings. The Labute approximate surface area is 149 Å². The van der Waals surface area contributed by atoms with Crippen molar-refractivity contribution in [1.82, 2.24) is 9.55 Å². The van der Waals surface area contributed by atoms with Crippen LogP contribution in [0.3, 0.4) is 0 Å². The molecule has 2 aliphatic heterocycles. The predicted molar refractivity (Wildman–Crippen MR) is 95.2 cm³/mol. The third kappa shape index (κ3) is 2.15. The standard InChI is InChI=1S/C20H16N2O4/c1-25-14-3-4-16-12(7-14)6-13-9-22-17(19(13)21-16)8-11-2-5-18(23)26-10-15(11)20(22)24/h3-4,6-8H,2,5,9-10H2,1H3. The molecule has 2 aliphatic rings. The third-order valence-electron chi connectivity index (χ3n) is 5.14. The van der Waals surface area contributed by atoms with Crippen LogP contribution in [0.5, 0.6) is 5.75 Å². The van der Waals surface area contributed by atoms with E-state index in [4.69, 9.17) is 14.5 Å². The highest BCUT2D eigenvalue weighted by Crippen LogP contribution is 2.34. The van der Waals surface area contributed by atoms with E-state index in [2.05, 4.69) is 6.07 Å². The number of ether oxygens (including phenoxy) is 2. The summed E-state index contributed by atoms with van der Waals surface area (Å²) in [4.78, 5) is 29.3. The molecule has 0 unspecified atom stereocenters. The van der Waals surface area contributed by atoms with Gasteiger partial charge in [0, 0.05) is 17.4 Å². The fraction of sp³-hybridized carbons (Fsp3) is 0.250. The van der Waals surface area contributed by atoms with Gasteiger partial charge in [0.05, 0.1) is 36.1 Å². The summed E-state index contributed by atoms with van der Waals surface area (Å²) in [5.41, 5.74) is 4.90. The number of carbonyl (C=O) groups excluding carboxylic acids is 1. The van der Waals surface area contributed by atoms with E-state index in [0.29, 0.717) is 24.9 Å². The van der Waals surface area contributed by atoms with Crippen molar-refractivity contribution in [3.8, 4) is 17.1 Å². The first-order chi connectivity index (χ1) is 12.6. The summed E-state index contributed by atoms with van der Waals surface area (Å²) in [6, 6.07) is 9.81. The van der Waals surface area contributed by atoms with Crippen LogP contribution < -0.4 is 10.3 Å². The van der Waals surface area contributed by atoms with Crippen molar-refractivity contribution in [2.24, 2.45) is 0 Å². The monoisotopic (exact) mass is 348 g/mol. The molecule has 0 saturated heterocycles. The minimum absolute atomic E-state index is 0.0518. The lowest BCUT2D eigenvalue weighted by Crippen LogP contribution is -2.24. The first-order valence-corrected chi connectivity index (χ1v) is 8.53. The van der Waals surface area contributed by atoms with Gasteiger partial charge in [0.2, 0.25) is 0 Å². The molecule has 0 spiro atoms. The van der Waals surface area contributed by atoms with Crippen LogP contribution in [0.25, 0.3) is 22.3 Å². The van der Waals surface area contributed by atoms with Crippen LogP contribution >= 0.6 is 0 Å². The van der Waals surface area contributed by atoms with Crippen molar-refractivity contribution in [3.05, 3.63) is 57.4 Å². The van der Waals surface area contributed by atoms with Gasteiger partial charge in [0.25, 0.3) is 5.56 Å². The minimum Gasteiger partial charge on any atom is -0.497 e. The molecule has 0 radical (unpaired) electrons. The molecule has 130 valence electrons. The maximum Gasteiger partial charge on any atom is 0.306 e. The summed E-state index contributed by atoms with van der Waals surface area (Å²) in [7, 11) is 1.64. The highest BCUT2D eigenvalue weighted by molar-refractivity contribution is 5.85. The molecule has 0 amide bonds. The molecule has 5 rings (SSSR count). The number of hydrogen-bond acceptors (Lipinski definition) is 5. The minimum atomic E-state index is -0.260. The van der Waals surface area contributed by atoms with Crippen LogP contribution in [-0.2, 0) is 29.1 Å². The van der Waals surface area contributed by atoms with Gasteiger partial charge in [-0.2, -0.15) is 0 Å². The lowest BCUT2D eigenvalue weighted by atomic mass is 10.0. The van der Waals surface area contributed by atoms with Crippen molar-refractivity contribution in [2.45, 2.75) is 26.0 Å². The Kier molecular flexibility index (Phi) is 3.16. The molecule has 0 bridgehead atoms. The molecule has 6 heteroatoms. The van der Waals surface area contributed by atoms with Gasteiger partial charge in [0.15, 0.2) is 0 Å². The van der Waals surface area contributed by atoms with Crippen LogP contribution in [0.4, 0.5) is 0 Å². The first kappa shape index (κ1) is 15.1. The second-order valence-corrected chi connectivity index (χ2v) is 6.64. The summed E-state index contributed by atoms with van der Waals surface area (Å²) >= 11 is 0. The van der Waals surface area contributed by atoms with Gasteiger partial charge >= 0.3 is 5.97 Å². The number of pyridine rings is 2. The number of nitrogens with zero attached hydrogens (tertiary/aromatic N) is 2. The van der Waals surface area contributed by atoms with Gasteiger partial charge in [-0.25, -0.2) is 4.98 Å². The highest BCUT2D eigenvalue weighted by atomic mass is 16.5. The zero-order valence-electron chi connectivity index (χ0n) is 14.2. The molecule has 1 aromatic carbocycles. The largest absolute Gasteiger partial charge is 0.497 e. The van der Waals surface area contributed by atoms with Crippen molar-refractivity contribution in [2.75, 3.05) is 7.11 Å². The first-order valence-electron chi connectivity index (χ1n) is 8.53. The fourth-order valence-electron chi connectivity index (χ4n) is 3.77. The molecule has 26 heavy (non-hydrogen) atoms. The van der Waals surface area contributed by atoms with E-state index in [1.54, 1.807) is 11.7 Å². The fourth-order valence-corrected chi connectivity index (χ4v) is 3.77. The van der Waals surface area contributed by atoms with Gasteiger partial charge < -0.3 is 14.0 Å². The van der Waals surface area contributed by atoms with Crippen LogP contribution in [0, 0.1) is 0 Å². The molecular formula is C20H16N2O4. The molecule has 4 heterocycles. The zero-order valence-corrected chi connectivity index (χ0v) is 14.2. The lowest BCUT2D eigenvalue weighted by Gasteiger charge is -2.09. The maximum absolute atomic E-state index is 13.0. The SMILES string of the molecule is COc1ccc2nc3c(cc2c1)Cn1c-3cc2c(c1=O)COC(=O)CC2. The Morgan fingerprint density at radius 1 is 1.12 bits per heavy atom. The zero-order chi connectivity index (χ0) is 17.8. The van der Waals surface area contributed by atoms with E-state index in [-0.39, 0.29) is 18.1 Å². The molecule has 2 aromatic heterocycles. The number of rotatable bonds is 1. The quantitative estimate of drug-likeness (QED) is 0.494. The molecule has 0 aliphatic carbocycles. The Morgan fingerprint density at radius 2 is 2.00 bits per heavy atom. The second kappa shape index (κ2) is 5.42. The van der Waals surface area contributed by atoms with Crippen molar-refractivity contribution >= 4 is 16.9 Å². The lowest BCUT2D eigenvalue weighted by molar-refractivity contribution is -0.144. The summed E-state index contributed by atoms with van der Waals surface area (Å²) in [5, 5.41) is 0.986. The number of cyclic esters (lactones) is 1. The molecule has 0 N–H and O–H groups in total. The number of benzene rings is 1. The smallest absolute Gasteiger partial charge is 0.306 e. The third-order valence-corrected chi connectivity index (χ3v) is 5.14. The van der Waals surface area contributed by atoms with E-state index in [1.165, 1.54) is 0 Å². The number of fused-ring (bicyclic) bond motifs is 5. The van der Waals surface area contributed by atoms with Crippen molar-refractivity contribution < 1.29 is 14.3 Å². The Morgan fingerprint density at radius 3 is 2.85 bits per heavy atom. The second-order valence-electron chi connectivity index (χ2n) is 6.64. The number of hydrogen-bond donors (Lipinski definition) is 0. The summed E-state index contributed by atoms with van der Waals surface area (Å²) < 4.78 is 12.2. The Hall–Kier alpha value is -3.15. The normalized spacial score (nSPS) is 15.0. The van der Waals surface area contributed by atoms with Gasteiger partial charge in [0.1, 0.15) is 12.4 Å². The molecule has 0 atom stereocenters. The van der Waals surface area contributed by atoms with E-state index in [9.17, 15) is 9.59 Å². The van der Waals surface area contributed by atoms with Crippen LogP contribution in [0.1, 0.15) is 23.1 Å². The predicted octanol–water partition coefficient (Wildman–Crippen LogP) is 2.42. The average molecular weight is 348 g/mol. The molecule has 0 fully saturated rings. The Bertz CT molecular complexity index is 1150. The summed E-state index contributed by atoms with van der Waals surface area (Å²) in [6.45, 7) is 0.529. The van der Waals surface area contributed by atoms with Gasteiger partial charge in [-0.1, -0.05) is 0 Å². The molecular weight excluding hydrogens is 332 g/mol. The summed E-state index contributed by atoms with van der Waals surface area (Å²) in [6.07, 6.45) is 0.824. The van der Waals surface area contributed by atoms with Crippen LogP contribution in [-0.4, -0.2) is 22.6 Å². The van der Waals surface area contributed by atoms with Crippen molar-refractivity contribution in [1.29, 1.82) is 0 Å². The highest BCUT2D eigenvalue weighted by Gasteiger charge is 2.27. The van der Waals surface area contributed by atoms with Gasteiger partial charge in [-0.3, -0.25) is 9.59 Å². The molecule has 6 nitrogen and oxygen atoms in total. The van der Waals surface area contributed by atoms with E-state index < -0.39 is 0 Å². The van der Waals surface area contributed by atoms with E-state index in [1.807, 2.05) is 24.3 Å². The van der Waals surface area contributed by atoms with Crippen molar-refractivity contribution in [3.63, 3.8) is 0 Å². The van der Waals surface area contributed by atoms with E-state index >= 15 is 0 Å². The van der Waals surface area contributed by atoms with E-state index in [0.717, 1.165) is 39.2 Å². The maximum atomic E-state index is 13.0. The average Bonchev–Trinajstić information content (AvgIpc) is 2.89. The number of aryl methyl sites for hydroxylation is 1. The van der Waals surface area contributed by atoms with Crippen LogP contribution in [0.15, 0.2) is 35.1 Å².